The Balaban J connectivity index is 2.78. The molecule has 1 rings (SSSR count). The normalized spacial score (nSPS) is 15.6. The second-order valence-corrected chi connectivity index (χ2v) is 3.55. The van der Waals surface area contributed by atoms with Gasteiger partial charge in [0.15, 0.2) is 0 Å². The lowest BCUT2D eigenvalue weighted by Gasteiger charge is -2.18. The molecule has 14 heavy (non-hydrogen) atoms. The molecule has 2 unspecified atom stereocenters. The second kappa shape index (κ2) is 4.51. The molecular weight excluding hydrogens is 186 g/mol. The summed E-state index contributed by atoms with van der Waals surface area (Å²) in [5, 5.41) is 9.57. The van der Waals surface area contributed by atoms with Gasteiger partial charge in [-0.25, -0.2) is 8.78 Å². The fourth-order valence-corrected chi connectivity index (χ4v) is 1.20. The lowest BCUT2D eigenvalue weighted by molar-refractivity contribution is 0.000632. The predicted octanol–water partition coefficient (Wildman–Crippen LogP) is 2.93. The Morgan fingerprint density at radius 3 is 2.07 bits per heavy atom. The first-order valence-electron chi connectivity index (χ1n) is 4.55. The highest BCUT2D eigenvalue weighted by Gasteiger charge is 2.24. The Morgan fingerprint density at radius 1 is 1.14 bits per heavy atom. The van der Waals surface area contributed by atoms with E-state index in [4.69, 9.17) is 0 Å². The van der Waals surface area contributed by atoms with Crippen molar-refractivity contribution >= 4 is 0 Å². The number of aliphatic hydroxyl groups is 1. The van der Waals surface area contributed by atoms with E-state index in [1.807, 2.05) is 6.92 Å². The number of hydrogen-bond donors (Lipinski definition) is 1. The minimum Gasteiger partial charge on any atom is -0.388 e. The van der Waals surface area contributed by atoms with Gasteiger partial charge >= 0.3 is 0 Å². The van der Waals surface area contributed by atoms with Crippen molar-refractivity contribution in [2.24, 2.45) is 5.92 Å². The summed E-state index contributed by atoms with van der Waals surface area (Å²) < 4.78 is 24.6. The molecule has 0 spiro atoms. The van der Waals surface area contributed by atoms with Crippen LogP contribution in [0.2, 0.25) is 0 Å². The Kier molecular flexibility index (Phi) is 3.58. The summed E-state index contributed by atoms with van der Waals surface area (Å²) >= 11 is 0. The average molecular weight is 200 g/mol. The van der Waals surface area contributed by atoms with Gasteiger partial charge in [-0.3, -0.25) is 0 Å². The summed E-state index contributed by atoms with van der Waals surface area (Å²) in [5.41, 5.74) is 1.59. The molecule has 0 radical (unpaired) electrons. The monoisotopic (exact) mass is 200 g/mol. The van der Waals surface area contributed by atoms with Crippen LogP contribution in [0.15, 0.2) is 24.3 Å². The van der Waals surface area contributed by atoms with Crippen LogP contribution in [0.5, 0.6) is 0 Å². The molecule has 0 fully saturated rings. The number of aliphatic hydroxyl groups excluding tert-OH is 1. The summed E-state index contributed by atoms with van der Waals surface area (Å²) in [4.78, 5) is 0. The topological polar surface area (TPSA) is 20.2 Å². The fraction of sp³-hybridized carbons (Fsp3) is 0.455. The van der Waals surface area contributed by atoms with Crippen LogP contribution in [-0.2, 0) is 0 Å². The number of rotatable bonds is 3. The van der Waals surface area contributed by atoms with Crippen LogP contribution in [0, 0.1) is 12.8 Å². The van der Waals surface area contributed by atoms with Crippen LogP contribution in [0.4, 0.5) is 8.78 Å². The van der Waals surface area contributed by atoms with E-state index in [9.17, 15) is 13.9 Å². The smallest absolute Gasteiger partial charge is 0.243 e. The maximum Gasteiger partial charge on any atom is 0.243 e. The zero-order chi connectivity index (χ0) is 10.7. The Morgan fingerprint density at radius 2 is 1.64 bits per heavy atom. The SMILES string of the molecule is Cc1ccc(C(O)C(C)C(F)F)cc1. The van der Waals surface area contributed by atoms with Crippen molar-refractivity contribution in [3.63, 3.8) is 0 Å². The van der Waals surface area contributed by atoms with Crippen LogP contribution in [-0.4, -0.2) is 11.5 Å². The highest BCUT2D eigenvalue weighted by atomic mass is 19.3. The summed E-state index contributed by atoms with van der Waals surface area (Å²) in [5.74, 6) is -1.03. The number of hydrogen-bond acceptors (Lipinski definition) is 1. The lowest BCUT2D eigenvalue weighted by Crippen LogP contribution is -2.16. The molecule has 0 aliphatic carbocycles. The van der Waals surface area contributed by atoms with Crippen molar-refractivity contribution in [2.75, 3.05) is 0 Å². The van der Waals surface area contributed by atoms with Gasteiger partial charge in [-0.2, -0.15) is 0 Å². The largest absolute Gasteiger partial charge is 0.388 e. The maximum atomic E-state index is 12.3. The minimum atomic E-state index is -2.49. The molecule has 0 heterocycles. The van der Waals surface area contributed by atoms with E-state index in [0.29, 0.717) is 5.56 Å². The van der Waals surface area contributed by atoms with E-state index in [2.05, 4.69) is 0 Å². The maximum absolute atomic E-state index is 12.3. The van der Waals surface area contributed by atoms with Gasteiger partial charge in [0.25, 0.3) is 0 Å². The second-order valence-electron chi connectivity index (χ2n) is 3.55. The first-order chi connectivity index (χ1) is 6.52. The third-order valence-corrected chi connectivity index (χ3v) is 2.31. The van der Waals surface area contributed by atoms with Crippen molar-refractivity contribution in [1.29, 1.82) is 0 Å². The van der Waals surface area contributed by atoms with E-state index >= 15 is 0 Å². The summed E-state index contributed by atoms with van der Waals surface area (Å²) in [7, 11) is 0. The van der Waals surface area contributed by atoms with Crippen molar-refractivity contribution in [3.05, 3.63) is 35.4 Å². The van der Waals surface area contributed by atoms with Gasteiger partial charge in [-0.1, -0.05) is 36.8 Å². The lowest BCUT2D eigenvalue weighted by atomic mass is 9.97. The molecule has 0 amide bonds. The van der Waals surface area contributed by atoms with Gasteiger partial charge < -0.3 is 5.11 Å². The number of halogens is 2. The van der Waals surface area contributed by atoms with E-state index in [-0.39, 0.29) is 0 Å². The van der Waals surface area contributed by atoms with Gasteiger partial charge in [0.2, 0.25) is 6.43 Å². The highest BCUT2D eigenvalue weighted by Crippen LogP contribution is 2.26. The van der Waals surface area contributed by atoms with E-state index < -0.39 is 18.4 Å². The summed E-state index contributed by atoms with van der Waals surface area (Å²) in [6.07, 6.45) is -3.58. The van der Waals surface area contributed by atoms with Crippen LogP contribution in [0.25, 0.3) is 0 Å². The summed E-state index contributed by atoms with van der Waals surface area (Å²) in [6, 6.07) is 6.96. The molecular formula is C11H14F2O. The average Bonchev–Trinajstić information content (AvgIpc) is 2.16. The van der Waals surface area contributed by atoms with Crippen LogP contribution in [0.3, 0.4) is 0 Å². The van der Waals surface area contributed by atoms with Crippen molar-refractivity contribution in [1.82, 2.24) is 0 Å². The van der Waals surface area contributed by atoms with Crippen molar-refractivity contribution < 1.29 is 13.9 Å². The molecule has 0 saturated carbocycles. The van der Waals surface area contributed by atoms with Crippen molar-refractivity contribution in [2.45, 2.75) is 26.4 Å². The van der Waals surface area contributed by atoms with Gasteiger partial charge in [0.1, 0.15) is 0 Å². The van der Waals surface area contributed by atoms with Crippen LogP contribution < -0.4 is 0 Å². The zero-order valence-electron chi connectivity index (χ0n) is 8.24. The van der Waals surface area contributed by atoms with E-state index in [1.165, 1.54) is 6.92 Å². The molecule has 0 saturated heterocycles. The Labute approximate surface area is 82.4 Å². The van der Waals surface area contributed by atoms with Crippen LogP contribution in [0.1, 0.15) is 24.2 Å². The number of alkyl halides is 2. The quantitative estimate of drug-likeness (QED) is 0.795. The molecule has 78 valence electrons. The Hall–Kier alpha value is -0.960. The van der Waals surface area contributed by atoms with Crippen LogP contribution >= 0.6 is 0 Å². The molecule has 1 aromatic rings. The molecule has 0 aromatic heterocycles. The third kappa shape index (κ3) is 2.51. The Bertz CT molecular complexity index is 282. The van der Waals surface area contributed by atoms with E-state index in [0.717, 1.165) is 5.56 Å². The van der Waals surface area contributed by atoms with E-state index in [1.54, 1.807) is 24.3 Å². The molecule has 1 nitrogen and oxygen atoms in total. The summed E-state index contributed by atoms with van der Waals surface area (Å²) in [6.45, 7) is 3.25. The molecule has 0 aliphatic heterocycles. The first kappa shape index (κ1) is 11.1. The third-order valence-electron chi connectivity index (χ3n) is 2.31. The van der Waals surface area contributed by atoms with Gasteiger partial charge in [-0.15, -0.1) is 0 Å². The highest BCUT2D eigenvalue weighted by molar-refractivity contribution is 5.23. The van der Waals surface area contributed by atoms with Gasteiger partial charge in [0, 0.05) is 5.92 Å². The molecule has 0 bridgehead atoms. The minimum absolute atomic E-state index is 0.545. The van der Waals surface area contributed by atoms with Gasteiger partial charge in [0.05, 0.1) is 6.10 Å². The fourth-order valence-electron chi connectivity index (χ4n) is 1.20. The molecule has 3 heteroatoms. The molecule has 1 N–H and O–H groups in total. The van der Waals surface area contributed by atoms with Crippen molar-refractivity contribution in [3.8, 4) is 0 Å². The number of benzene rings is 1. The first-order valence-corrected chi connectivity index (χ1v) is 4.55. The predicted molar refractivity (Wildman–Crippen MR) is 51.3 cm³/mol. The molecule has 0 aliphatic rings. The zero-order valence-corrected chi connectivity index (χ0v) is 8.24. The molecule has 2 atom stereocenters. The number of aryl methyl sites for hydroxylation is 1. The standard InChI is InChI=1S/C11H14F2O/c1-7-3-5-9(6-4-7)10(14)8(2)11(12)13/h3-6,8,10-11,14H,1-2H3. The van der Waals surface area contributed by atoms with Gasteiger partial charge in [-0.05, 0) is 12.5 Å². The molecule has 1 aromatic carbocycles.